The Labute approximate surface area is 127 Å². The van der Waals surface area contributed by atoms with Gasteiger partial charge in [0.2, 0.25) is 0 Å². The molecule has 1 aliphatic heterocycles. The van der Waals surface area contributed by atoms with Crippen LogP contribution >= 0.6 is 0 Å². The molecule has 1 aromatic rings. The van der Waals surface area contributed by atoms with E-state index >= 15 is 0 Å². The molecule has 1 heterocycles. The molecule has 0 radical (unpaired) electrons. The molecule has 0 aliphatic carbocycles. The quantitative estimate of drug-likeness (QED) is 0.893. The van der Waals surface area contributed by atoms with Crippen molar-refractivity contribution in [1.82, 2.24) is 9.80 Å². The van der Waals surface area contributed by atoms with E-state index in [2.05, 4.69) is 28.8 Å². The predicted molar refractivity (Wildman–Crippen MR) is 86.2 cm³/mol. The standard InChI is InChI=1S/C16H27FN4/c1-13(18)15-12-14(17)4-5-16(15)21-10-8-20(9-11-21)7-6-19(2)3/h4-5,12-13H,6-11,18H2,1-3H3. The zero-order chi connectivity index (χ0) is 15.4. The number of likely N-dealkylation sites (N-methyl/N-ethyl adjacent to an activating group) is 1. The second-order valence-electron chi connectivity index (χ2n) is 6.12. The summed E-state index contributed by atoms with van der Waals surface area (Å²) >= 11 is 0. The first-order valence-electron chi connectivity index (χ1n) is 7.64. The van der Waals surface area contributed by atoms with Gasteiger partial charge in [-0.1, -0.05) is 0 Å². The van der Waals surface area contributed by atoms with Crippen LogP contribution in [0.5, 0.6) is 0 Å². The lowest BCUT2D eigenvalue weighted by molar-refractivity contribution is 0.229. The maximum absolute atomic E-state index is 13.4. The highest BCUT2D eigenvalue weighted by Crippen LogP contribution is 2.27. The summed E-state index contributed by atoms with van der Waals surface area (Å²) in [6, 6.07) is 4.81. The summed E-state index contributed by atoms with van der Waals surface area (Å²) < 4.78 is 13.4. The molecule has 1 unspecified atom stereocenters. The summed E-state index contributed by atoms with van der Waals surface area (Å²) in [4.78, 5) is 7.01. The fourth-order valence-electron chi connectivity index (χ4n) is 2.73. The Balaban J connectivity index is 1.99. The Bertz CT molecular complexity index is 454. The topological polar surface area (TPSA) is 35.7 Å². The van der Waals surface area contributed by atoms with E-state index in [1.807, 2.05) is 13.0 Å². The van der Waals surface area contributed by atoms with Crippen molar-refractivity contribution in [1.29, 1.82) is 0 Å². The van der Waals surface area contributed by atoms with Crippen molar-refractivity contribution >= 4 is 5.69 Å². The van der Waals surface area contributed by atoms with E-state index < -0.39 is 0 Å². The molecule has 1 aliphatic rings. The van der Waals surface area contributed by atoms with Crippen molar-refractivity contribution < 1.29 is 4.39 Å². The molecular formula is C16H27FN4. The summed E-state index contributed by atoms with van der Waals surface area (Å²) in [7, 11) is 4.20. The summed E-state index contributed by atoms with van der Waals surface area (Å²) in [5, 5.41) is 0. The maximum Gasteiger partial charge on any atom is 0.123 e. The van der Waals surface area contributed by atoms with E-state index in [9.17, 15) is 4.39 Å². The van der Waals surface area contributed by atoms with Crippen LogP contribution in [0, 0.1) is 5.82 Å². The van der Waals surface area contributed by atoms with E-state index in [1.165, 1.54) is 6.07 Å². The Morgan fingerprint density at radius 2 is 1.90 bits per heavy atom. The minimum absolute atomic E-state index is 0.150. The molecule has 0 bridgehead atoms. The second-order valence-corrected chi connectivity index (χ2v) is 6.12. The number of nitrogens with zero attached hydrogens (tertiary/aromatic N) is 3. The Morgan fingerprint density at radius 3 is 2.48 bits per heavy atom. The van der Waals surface area contributed by atoms with Crippen LogP contribution in [0.25, 0.3) is 0 Å². The first kappa shape index (κ1) is 16.2. The third-order valence-electron chi connectivity index (χ3n) is 4.06. The van der Waals surface area contributed by atoms with E-state index in [4.69, 9.17) is 5.73 Å². The van der Waals surface area contributed by atoms with Crippen LogP contribution < -0.4 is 10.6 Å². The minimum Gasteiger partial charge on any atom is -0.369 e. The number of halogens is 1. The Morgan fingerprint density at radius 1 is 1.24 bits per heavy atom. The van der Waals surface area contributed by atoms with Gasteiger partial charge in [-0.15, -0.1) is 0 Å². The molecule has 5 heteroatoms. The van der Waals surface area contributed by atoms with Gasteiger partial charge in [0.15, 0.2) is 0 Å². The molecule has 1 aromatic carbocycles. The van der Waals surface area contributed by atoms with E-state index in [0.29, 0.717) is 0 Å². The molecule has 4 nitrogen and oxygen atoms in total. The van der Waals surface area contributed by atoms with Gasteiger partial charge >= 0.3 is 0 Å². The van der Waals surface area contributed by atoms with Crippen LogP contribution in [0.15, 0.2) is 18.2 Å². The van der Waals surface area contributed by atoms with Gasteiger partial charge < -0.3 is 15.5 Å². The first-order valence-corrected chi connectivity index (χ1v) is 7.64. The fraction of sp³-hybridized carbons (Fsp3) is 0.625. The number of piperazine rings is 1. The number of benzene rings is 1. The average Bonchev–Trinajstić information content (AvgIpc) is 2.45. The smallest absolute Gasteiger partial charge is 0.123 e. The third kappa shape index (κ3) is 4.40. The summed E-state index contributed by atoms with van der Waals surface area (Å²) in [6.45, 7) is 8.13. The molecule has 2 N–H and O–H groups in total. The Kier molecular flexibility index (Phi) is 5.56. The largest absolute Gasteiger partial charge is 0.369 e. The van der Waals surface area contributed by atoms with Gasteiger partial charge in [0.25, 0.3) is 0 Å². The monoisotopic (exact) mass is 294 g/mol. The minimum atomic E-state index is -0.212. The molecule has 1 saturated heterocycles. The maximum atomic E-state index is 13.4. The number of hydrogen-bond acceptors (Lipinski definition) is 4. The summed E-state index contributed by atoms with van der Waals surface area (Å²) in [5.41, 5.74) is 7.97. The lowest BCUT2D eigenvalue weighted by atomic mass is 10.0. The SMILES string of the molecule is CC(N)c1cc(F)ccc1N1CCN(CCN(C)C)CC1. The van der Waals surface area contributed by atoms with Crippen molar-refractivity contribution in [2.45, 2.75) is 13.0 Å². The van der Waals surface area contributed by atoms with Crippen LogP contribution in [-0.4, -0.2) is 63.2 Å². The summed E-state index contributed by atoms with van der Waals surface area (Å²) in [5.74, 6) is -0.212. The summed E-state index contributed by atoms with van der Waals surface area (Å²) in [6.07, 6.45) is 0. The highest BCUT2D eigenvalue weighted by molar-refractivity contribution is 5.55. The highest BCUT2D eigenvalue weighted by Gasteiger charge is 2.20. The highest BCUT2D eigenvalue weighted by atomic mass is 19.1. The van der Waals surface area contributed by atoms with Gasteiger partial charge in [0.05, 0.1) is 0 Å². The van der Waals surface area contributed by atoms with Crippen LogP contribution in [0.1, 0.15) is 18.5 Å². The van der Waals surface area contributed by atoms with E-state index in [0.717, 1.165) is 50.5 Å². The van der Waals surface area contributed by atoms with Gasteiger partial charge in [-0.3, -0.25) is 4.90 Å². The molecule has 1 fully saturated rings. The average molecular weight is 294 g/mol. The van der Waals surface area contributed by atoms with Gasteiger partial charge in [-0.25, -0.2) is 4.39 Å². The number of rotatable bonds is 5. The van der Waals surface area contributed by atoms with Crippen molar-refractivity contribution in [2.75, 3.05) is 58.3 Å². The molecule has 0 spiro atoms. The van der Waals surface area contributed by atoms with Crippen LogP contribution in [0.4, 0.5) is 10.1 Å². The fourth-order valence-corrected chi connectivity index (χ4v) is 2.73. The van der Waals surface area contributed by atoms with Gasteiger partial charge in [-0.05, 0) is 44.8 Å². The molecule has 0 aromatic heterocycles. The van der Waals surface area contributed by atoms with Gasteiger partial charge in [0.1, 0.15) is 5.82 Å². The zero-order valence-electron chi connectivity index (χ0n) is 13.3. The number of nitrogens with two attached hydrogens (primary N) is 1. The molecule has 21 heavy (non-hydrogen) atoms. The van der Waals surface area contributed by atoms with Crippen molar-refractivity contribution in [3.63, 3.8) is 0 Å². The molecule has 0 amide bonds. The third-order valence-corrected chi connectivity index (χ3v) is 4.06. The van der Waals surface area contributed by atoms with Crippen molar-refractivity contribution in [3.8, 4) is 0 Å². The first-order chi connectivity index (χ1) is 9.97. The molecule has 1 atom stereocenters. The van der Waals surface area contributed by atoms with Crippen molar-refractivity contribution in [2.24, 2.45) is 5.73 Å². The van der Waals surface area contributed by atoms with Crippen LogP contribution in [0.2, 0.25) is 0 Å². The van der Waals surface area contributed by atoms with Crippen LogP contribution in [-0.2, 0) is 0 Å². The second kappa shape index (κ2) is 7.20. The van der Waals surface area contributed by atoms with Gasteiger partial charge in [0, 0.05) is 51.0 Å². The van der Waals surface area contributed by atoms with Gasteiger partial charge in [-0.2, -0.15) is 0 Å². The van der Waals surface area contributed by atoms with Crippen LogP contribution in [0.3, 0.4) is 0 Å². The number of anilines is 1. The van der Waals surface area contributed by atoms with Crippen molar-refractivity contribution in [3.05, 3.63) is 29.6 Å². The predicted octanol–water partition coefficient (Wildman–Crippen LogP) is 1.53. The zero-order valence-corrected chi connectivity index (χ0v) is 13.3. The molecule has 118 valence electrons. The van der Waals surface area contributed by atoms with E-state index in [1.54, 1.807) is 6.07 Å². The molecule has 2 rings (SSSR count). The lowest BCUT2D eigenvalue weighted by Crippen LogP contribution is -2.48. The molecular weight excluding hydrogens is 267 g/mol. The lowest BCUT2D eigenvalue weighted by Gasteiger charge is -2.37. The molecule has 0 saturated carbocycles. The van der Waals surface area contributed by atoms with E-state index in [-0.39, 0.29) is 11.9 Å². The number of hydrogen-bond donors (Lipinski definition) is 1. The normalized spacial score (nSPS) is 18.3. The Hall–Kier alpha value is -1.17.